The van der Waals surface area contributed by atoms with E-state index in [0.717, 1.165) is 17.8 Å². The third-order valence-corrected chi connectivity index (χ3v) is 14.5. The van der Waals surface area contributed by atoms with Gasteiger partial charge < -0.3 is 13.7 Å². The van der Waals surface area contributed by atoms with Gasteiger partial charge >= 0.3 is 7.12 Å². The van der Waals surface area contributed by atoms with E-state index < -0.39 is 16.4 Å². The standard InChI is InChI=1S/C28H47BO3Si2/c1-19(2)25(31-33(7,8)9)26(34(10,11)22-15-13-12-14-16-22)20(3)29-30-24-18-21-17-23(27(21,4)5)28(24,6)32-29/h12-16,19,21,23-26H,3,17-18H2,1-2,4-11H3/t21-,23-,24+,25-,26-,28-/m1/s1. The van der Waals surface area contributed by atoms with Crippen molar-refractivity contribution in [2.45, 2.75) is 104 Å². The summed E-state index contributed by atoms with van der Waals surface area (Å²) in [4.78, 5) is 0. The van der Waals surface area contributed by atoms with E-state index in [2.05, 4.69) is 97.7 Å². The summed E-state index contributed by atoms with van der Waals surface area (Å²) in [5, 5.41) is 1.44. The molecule has 3 aliphatic carbocycles. The highest BCUT2D eigenvalue weighted by Crippen LogP contribution is 2.66. The maximum Gasteiger partial charge on any atom is 0.489 e. The molecule has 1 aliphatic heterocycles. The molecule has 0 radical (unpaired) electrons. The molecule has 4 fully saturated rings. The SMILES string of the molecule is C=C(B1O[C@H]2C[C@H]3C[C@H](C3(C)C)[C@@]2(C)O1)[C@H]([C@H](O[Si](C)(C)C)C(C)C)[Si](C)(C)c1ccccc1. The van der Waals surface area contributed by atoms with Gasteiger partial charge in [-0.05, 0) is 68.0 Å². The van der Waals surface area contributed by atoms with Crippen LogP contribution in [0.4, 0.5) is 0 Å². The first-order valence-electron chi connectivity index (χ1n) is 13.3. The Bertz CT molecular complexity index is 910. The zero-order valence-electron chi connectivity index (χ0n) is 23.3. The van der Waals surface area contributed by atoms with E-state index in [1.165, 1.54) is 11.6 Å². The maximum atomic E-state index is 6.96. The molecule has 188 valence electrons. The van der Waals surface area contributed by atoms with Gasteiger partial charge in [0.05, 0.1) is 25.9 Å². The third kappa shape index (κ3) is 4.36. The summed E-state index contributed by atoms with van der Waals surface area (Å²) >= 11 is 0. The van der Waals surface area contributed by atoms with Crippen LogP contribution >= 0.6 is 0 Å². The molecule has 1 heterocycles. The molecule has 4 aliphatic rings. The van der Waals surface area contributed by atoms with Gasteiger partial charge in [-0.3, -0.25) is 0 Å². The van der Waals surface area contributed by atoms with E-state index in [1.54, 1.807) is 0 Å². The van der Waals surface area contributed by atoms with Crippen molar-refractivity contribution in [3.63, 3.8) is 0 Å². The Morgan fingerprint density at radius 3 is 2.21 bits per heavy atom. The average Bonchev–Trinajstić information content (AvgIpc) is 3.09. The summed E-state index contributed by atoms with van der Waals surface area (Å²) in [6, 6.07) is 11.0. The summed E-state index contributed by atoms with van der Waals surface area (Å²) in [5.41, 5.74) is 1.42. The van der Waals surface area contributed by atoms with Gasteiger partial charge in [-0.15, -0.1) is 6.58 Å². The van der Waals surface area contributed by atoms with E-state index >= 15 is 0 Å². The molecule has 0 N–H and O–H groups in total. The van der Waals surface area contributed by atoms with Crippen molar-refractivity contribution >= 4 is 28.7 Å². The van der Waals surface area contributed by atoms with E-state index in [0.29, 0.717) is 17.3 Å². The lowest BCUT2D eigenvalue weighted by Crippen LogP contribution is -2.65. The van der Waals surface area contributed by atoms with Gasteiger partial charge in [-0.1, -0.05) is 76.3 Å². The number of hydrogen-bond acceptors (Lipinski definition) is 3. The molecule has 0 spiro atoms. The molecule has 3 nitrogen and oxygen atoms in total. The largest absolute Gasteiger partial charge is 0.489 e. The quantitative estimate of drug-likeness (QED) is 0.375. The van der Waals surface area contributed by atoms with Crippen LogP contribution in [0.1, 0.15) is 47.5 Å². The summed E-state index contributed by atoms with van der Waals surface area (Å²) in [5.74, 6) is 1.68. The molecule has 6 heteroatoms. The Morgan fingerprint density at radius 2 is 1.68 bits per heavy atom. The highest BCUT2D eigenvalue weighted by molar-refractivity contribution is 6.92. The summed E-state index contributed by atoms with van der Waals surface area (Å²) in [6.45, 7) is 28.3. The molecule has 1 aromatic rings. The molecular weight excluding hydrogens is 451 g/mol. The monoisotopic (exact) mass is 498 g/mol. The van der Waals surface area contributed by atoms with E-state index in [9.17, 15) is 0 Å². The predicted molar refractivity (Wildman–Crippen MR) is 150 cm³/mol. The fourth-order valence-corrected chi connectivity index (χ4v) is 12.4. The summed E-state index contributed by atoms with van der Waals surface area (Å²) in [6.07, 6.45) is 2.65. The van der Waals surface area contributed by atoms with Crippen molar-refractivity contribution in [3.8, 4) is 0 Å². The highest BCUT2D eigenvalue weighted by Gasteiger charge is 2.68. The maximum absolute atomic E-state index is 6.96. The molecule has 6 atom stereocenters. The Morgan fingerprint density at radius 1 is 1.06 bits per heavy atom. The Hall–Kier alpha value is -0.661. The molecule has 0 unspecified atom stereocenters. The van der Waals surface area contributed by atoms with Gasteiger partial charge in [0.2, 0.25) is 0 Å². The minimum atomic E-state index is -2.04. The summed E-state index contributed by atoms with van der Waals surface area (Å²) in [7, 11) is -4.17. The van der Waals surface area contributed by atoms with Crippen LogP contribution < -0.4 is 5.19 Å². The minimum Gasteiger partial charge on any atom is -0.414 e. The topological polar surface area (TPSA) is 27.7 Å². The van der Waals surface area contributed by atoms with Crippen LogP contribution in [-0.2, 0) is 13.7 Å². The number of benzene rings is 1. The van der Waals surface area contributed by atoms with E-state index in [1.807, 2.05) is 0 Å². The van der Waals surface area contributed by atoms with Gasteiger partial charge in [0.1, 0.15) is 0 Å². The number of hydrogen-bond donors (Lipinski definition) is 0. The molecule has 0 aromatic heterocycles. The molecule has 1 saturated heterocycles. The van der Waals surface area contributed by atoms with Crippen LogP contribution in [0.3, 0.4) is 0 Å². The molecular formula is C28H47BO3Si2. The third-order valence-electron chi connectivity index (χ3n) is 9.42. The first-order chi connectivity index (χ1) is 15.6. The van der Waals surface area contributed by atoms with Crippen molar-refractivity contribution in [3.05, 3.63) is 42.4 Å². The van der Waals surface area contributed by atoms with Gasteiger partial charge in [0.25, 0.3) is 0 Å². The van der Waals surface area contributed by atoms with Crippen LogP contribution in [-0.4, -0.2) is 41.3 Å². The lowest BCUT2D eigenvalue weighted by atomic mass is 9.43. The van der Waals surface area contributed by atoms with Gasteiger partial charge in [-0.2, -0.15) is 0 Å². The van der Waals surface area contributed by atoms with Crippen LogP contribution in [0.5, 0.6) is 0 Å². The molecule has 34 heavy (non-hydrogen) atoms. The smallest absolute Gasteiger partial charge is 0.414 e. The van der Waals surface area contributed by atoms with Crippen LogP contribution in [0.2, 0.25) is 38.3 Å². The Kier molecular flexibility index (Phi) is 6.77. The number of rotatable bonds is 8. The van der Waals surface area contributed by atoms with Crippen molar-refractivity contribution in [1.82, 2.24) is 0 Å². The zero-order chi connectivity index (χ0) is 25.3. The van der Waals surface area contributed by atoms with E-state index in [4.69, 9.17) is 20.3 Å². The molecule has 0 amide bonds. The average molecular weight is 499 g/mol. The summed E-state index contributed by atoms with van der Waals surface area (Å²) < 4.78 is 20.6. The Balaban J connectivity index is 1.70. The fourth-order valence-electron chi connectivity index (χ4n) is 7.30. The fraction of sp³-hybridized carbons (Fsp3) is 0.714. The van der Waals surface area contributed by atoms with Crippen LogP contribution in [0.25, 0.3) is 0 Å². The first-order valence-corrected chi connectivity index (χ1v) is 19.8. The molecule has 1 aromatic carbocycles. The van der Waals surface area contributed by atoms with E-state index in [-0.39, 0.29) is 30.5 Å². The predicted octanol–water partition coefficient (Wildman–Crippen LogP) is 6.67. The molecule has 2 bridgehead atoms. The lowest BCUT2D eigenvalue weighted by Gasteiger charge is -2.64. The van der Waals surface area contributed by atoms with Gasteiger partial charge in [-0.25, -0.2) is 0 Å². The highest BCUT2D eigenvalue weighted by atomic mass is 28.4. The van der Waals surface area contributed by atoms with Gasteiger partial charge in [0.15, 0.2) is 8.32 Å². The van der Waals surface area contributed by atoms with Crippen molar-refractivity contribution in [1.29, 1.82) is 0 Å². The second kappa shape index (κ2) is 8.72. The van der Waals surface area contributed by atoms with Crippen molar-refractivity contribution in [2.24, 2.45) is 23.2 Å². The van der Waals surface area contributed by atoms with Gasteiger partial charge in [0, 0.05) is 5.54 Å². The molecule has 5 rings (SSSR count). The second-order valence-electron chi connectivity index (χ2n) is 13.9. The molecule has 3 saturated carbocycles. The Labute approximate surface area is 211 Å². The lowest BCUT2D eigenvalue weighted by molar-refractivity contribution is -0.199. The van der Waals surface area contributed by atoms with Crippen molar-refractivity contribution in [2.75, 3.05) is 0 Å². The van der Waals surface area contributed by atoms with Crippen LogP contribution in [0, 0.1) is 23.2 Å². The van der Waals surface area contributed by atoms with Crippen LogP contribution in [0.15, 0.2) is 42.4 Å². The second-order valence-corrected chi connectivity index (χ2v) is 23.0. The zero-order valence-corrected chi connectivity index (χ0v) is 25.3. The van der Waals surface area contributed by atoms with Crippen molar-refractivity contribution < 1.29 is 13.7 Å². The normalized spacial score (nSPS) is 32.2. The minimum absolute atomic E-state index is 0.105. The first kappa shape index (κ1) is 26.4.